The molecule has 0 spiro atoms. The van der Waals surface area contributed by atoms with Gasteiger partial charge in [0.1, 0.15) is 29.3 Å². The van der Waals surface area contributed by atoms with Crippen molar-refractivity contribution in [2.45, 2.75) is 22.8 Å². The second-order valence-corrected chi connectivity index (χ2v) is 7.87. The van der Waals surface area contributed by atoms with Gasteiger partial charge in [-0.3, -0.25) is 4.90 Å². The first-order valence-corrected chi connectivity index (χ1v) is 9.43. The molecular formula is C17H21N5O3S. The number of terminal acetylenes is 1. The molecule has 2 aliphatic heterocycles. The highest BCUT2D eigenvalue weighted by Crippen LogP contribution is 2.44. The maximum Gasteiger partial charge on any atom is 0.147 e. The zero-order valence-electron chi connectivity index (χ0n) is 14.2. The lowest BCUT2D eigenvalue weighted by Gasteiger charge is -2.29. The molecular weight excluding hydrogens is 354 g/mol. The van der Waals surface area contributed by atoms with E-state index in [1.54, 1.807) is 10.8 Å². The van der Waals surface area contributed by atoms with Crippen molar-refractivity contribution < 1.29 is 14.9 Å². The predicted molar refractivity (Wildman–Crippen MR) is 99.6 cm³/mol. The Balaban J connectivity index is 1.63. The SMILES string of the molecule is C#Cc1cn([C@@H]2S[C@H](CN3CCOCC3)[C@@H](O)[C@H]2O)c2ncnc(N)c12. The molecule has 0 aliphatic carbocycles. The van der Waals surface area contributed by atoms with E-state index in [4.69, 9.17) is 16.9 Å². The van der Waals surface area contributed by atoms with Crippen LogP contribution in [0.4, 0.5) is 5.82 Å². The second kappa shape index (κ2) is 7.06. The summed E-state index contributed by atoms with van der Waals surface area (Å²) in [6.07, 6.45) is 6.96. The fourth-order valence-corrected chi connectivity index (χ4v) is 5.15. The number of nitrogens with zero attached hydrogens (tertiary/aromatic N) is 4. The van der Waals surface area contributed by atoms with Gasteiger partial charge >= 0.3 is 0 Å². The van der Waals surface area contributed by atoms with Gasteiger partial charge in [-0.05, 0) is 0 Å². The third kappa shape index (κ3) is 2.94. The highest BCUT2D eigenvalue weighted by Gasteiger charge is 2.44. The molecule has 0 bridgehead atoms. The quantitative estimate of drug-likeness (QED) is 0.626. The lowest BCUT2D eigenvalue weighted by atomic mass is 10.1. The van der Waals surface area contributed by atoms with Crippen LogP contribution < -0.4 is 5.73 Å². The van der Waals surface area contributed by atoms with Gasteiger partial charge in [0.15, 0.2) is 0 Å². The van der Waals surface area contributed by atoms with Crippen LogP contribution in [0.25, 0.3) is 11.0 Å². The smallest absolute Gasteiger partial charge is 0.147 e. The van der Waals surface area contributed by atoms with Gasteiger partial charge in [0.25, 0.3) is 0 Å². The summed E-state index contributed by atoms with van der Waals surface area (Å²) in [6, 6.07) is 0. The Morgan fingerprint density at radius 2 is 2.08 bits per heavy atom. The Labute approximate surface area is 155 Å². The molecule has 0 saturated carbocycles. The molecule has 8 nitrogen and oxygen atoms in total. The van der Waals surface area contributed by atoms with Crippen LogP contribution in [-0.4, -0.2) is 80.0 Å². The topological polar surface area (TPSA) is 110 Å². The number of rotatable bonds is 3. The third-order valence-electron chi connectivity index (χ3n) is 4.95. The van der Waals surface area contributed by atoms with E-state index in [9.17, 15) is 10.2 Å². The van der Waals surface area contributed by atoms with Crippen LogP contribution in [0.1, 0.15) is 10.9 Å². The lowest BCUT2D eigenvalue weighted by Crippen LogP contribution is -2.43. The first-order valence-electron chi connectivity index (χ1n) is 8.49. The number of aromatic nitrogens is 3. The van der Waals surface area contributed by atoms with Crippen molar-refractivity contribution >= 4 is 28.6 Å². The standard InChI is InChI=1S/C17H21N5O3S/c1-2-10-7-22(16-12(10)15(18)19-9-20-16)17-14(24)13(23)11(26-17)8-21-3-5-25-6-4-21/h1,7,9,11,13-14,17,23-24H,3-6,8H2,(H2,18,19,20)/t11-,13-,14-,17-/m1/s1. The normalized spacial score (nSPS) is 29.9. The largest absolute Gasteiger partial charge is 0.389 e. The molecule has 2 saturated heterocycles. The molecule has 138 valence electrons. The van der Waals surface area contributed by atoms with Gasteiger partial charge in [-0.25, -0.2) is 9.97 Å². The van der Waals surface area contributed by atoms with Gasteiger partial charge in [-0.15, -0.1) is 18.2 Å². The van der Waals surface area contributed by atoms with E-state index in [1.807, 2.05) is 0 Å². The van der Waals surface area contributed by atoms with Crippen molar-refractivity contribution in [3.8, 4) is 12.3 Å². The minimum atomic E-state index is -0.927. The molecule has 9 heteroatoms. The van der Waals surface area contributed by atoms with Crippen molar-refractivity contribution in [2.24, 2.45) is 0 Å². The first kappa shape index (κ1) is 17.6. The number of fused-ring (bicyclic) bond motifs is 1. The van der Waals surface area contributed by atoms with Crippen LogP contribution >= 0.6 is 11.8 Å². The van der Waals surface area contributed by atoms with E-state index < -0.39 is 17.6 Å². The maximum atomic E-state index is 10.7. The molecule has 0 unspecified atom stereocenters. The predicted octanol–water partition coefficient (Wildman–Crippen LogP) is -0.337. The number of nitrogen functional groups attached to an aromatic ring is 1. The van der Waals surface area contributed by atoms with Crippen LogP contribution in [0, 0.1) is 12.3 Å². The summed E-state index contributed by atoms with van der Waals surface area (Å²) in [4.78, 5) is 10.6. The Kier molecular flexibility index (Phi) is 4.77. The van der Waals surface area contributed by atoms with E-state index in [-0.39, 0.29) is 5.25 Å². The van der Waals surface area contributed by atoms with Crippen molar-refractivity contribution in [1.29, 1.82) is 0 Å². The van der Waals surface area contributed by atoms with E-state index in [1.165, 1.54) is 18.1 Å². The summed E-state index contributed by atoms with van der Waals surface area (Å²) in [5.74, 6) is 2.91. The van der Waals surface area contributed by atoms with Crippen LogP contribution in [0.3, 0.4) is 0 Å². The zero-order chi connectivity index (χ0) is 18.3. The van der Waals surface area contributed by atoms with Crippen molar-refractivity contribution in [1.82, 2.24) is 19.4 Å². The van der Waals surface area contributed by atoms with Crippen LogP contribution in [0.15, 0.2) is 12.5 Å². The Morgan fingerprint density at radius 1 is 1.31 bits per heavy atom. The fraction of sp³-hybridized carbons (Fsp3) is 0.529. The molecule has 4 rings (SSSR count). The highest BCUT2D eigenvalue weighted by atomic mass is 32.2. The molecule has 2 aromatic rings. The van der Waals surface area contributed by atoms with Crippen LogP contribution in [-0.2, 0) is 4.74 Å². The number of morpholine rings is 1. The van der Waals surface area contributed by atoms with Crippen molar-refractivity contribution in [2.75, 3.05) is 38.6 Å². The monoisotopic (exact) mass is 375 g/mol. The van der Waals surface area contributed by atoms with Crippen molar-refractivity contribution in [3.63, 3.8) is 0 Å². The summed E-state index contributed by atoms with van der Waals surface area (Å²) >= 11 is 1.53. The van der Waals surface area contributed by atoms with Crippen molar-refractivity contribution in [3.05, 3.63) is 18.1 Å². The number of ether oxygens (including phenoxy) is 1. The summed E-state index contributed by atoms with van der Waals surface area (Å²) in [5.41, 5.74) is 7.11. The Hall–Kier alpha value is -1.83. The van der Waals surface area contributed by atoms with Gasteiger partial charge in [0.05, 0.1) is 30.3 Å². The average Bonchev–Trinajstić information content (AvgIpc) is 3.16. The van der Waals surface area contributed by atoms with Gasteiger partial charge in [0, 0.05) is 31.1 Å². The molecule has 4 atom stereocenters. The number of nitrogens with two attached hydrogens (primary N) is 1. The van der Waals surface area contributed by atoms with E-state index >= 15 is 0 Å². The lowest BCUT2D eigenvalue weighted by molar-refractivity contribution is 0.00171. The van der Waals surface area contributed by atoms with Gasteiger partial charge < -0.3 is 25.3 Å². The minimum Gasteiger partial charge on any atom is -0.389 e. The molecule has 4 N–H and O–H groups in total. The summed E-state index contributed by atoms with van der Waals surface area (Å²) in [7, 11) is 0. The van der Waals surface area contributed by atoms with E-state index in [0.717, 1.165) is 13.1 Å². The van der Waals surface area contributed by atoms with Gasteiger partial charge in [-0.2, -0.15) is 0 Å². The zero-order valence-corrected chi connectivity index (χ0v) is 15.0. The molecule has 2 fully saturated rings. The average molecular weight is 375 g/mol. The van der Waals surface area contributed by atoms with Crippen LogP contribution in [0.5, 0.6) is 0 Å². The molecule has 4 heterocycles. The molecule has 2 aromatic heterocycles. The number of hydrogen-bond donors (Lipinski definition) is 3. The summed E-state index contributed by atoms with van der Waals surface area (Å²) in [5, 5.41) is 21.3. The van der Waals surface area contributed by atoms with Gasteiger partial charge in [-0.1, -0.05) is 5.92 Å². The second-order valence-electron chi connectivity index (χ2n) is 6.51. The third-order valence-corrected chi connectivity index (χ3v) is 6.51. The molecule has 2 aliphatic rings. The van der Waals surface area contributed by atoms with Crippen LogP contribution in [0.2, 0.25) is 0 Å². The maximum absolute atomic E-state index is 10.7. The van der Waals surface area contributed by atoms with Gasteiger partial charge in [0.2, 0.25) is 0 Å². The number of hydrogen-bond acceptors (Lipinski definition) is 8. The first-order chi connectivity index (χ1) is 12.6. The molecule has 0 amide bonds. The molecule has 26 heavy (non-hydrogen) atoms. The number of anilines is 1. The number of thioether (sulfide) groups is 1. The summed E-state index contributed by atoms with van der Waals surface area (Å²) in [6.45, 7) is 3.76. The van der Waals surface area contributed by atoms with E-state index in [2.05, 4.69) is 20.8 Å². The van der Waals surface area contributed by atoms with E-state index in [0.29, 0.717) is 42.2 Å². The molecule has 0 radical (unpaired) electrons. The minimum absolute atomic E-state index is 0.112. The number of aliphatic hydroxyl groups excluding tert-OH is 2. The fourth-order valence-electron chi connectivity index (χ4n) is 3.56. The molecule has 0 aromatic carbocycles. The Bertz CT molecular complexity index is 845. The Morgan fingerprint density at radius 3 is 2.81 bits per heavy atom. The highest BCUT2D eigenvalue weighted by molar-refractivity contribution is 8.00. The summed E-state index contributed by atoms with van der Waals surface area (Å²) < 4.78 is 7.17. The number of aliphatic hydroxyl groups is 2.